The predicted molar refractivity (Wildman–Crippen MR) is 127 cm³/mol. The molecule has 33 heavy (non-hydrogen) atoms. The first-order valence-electron chi connectivity index (χ1n) is 10.7. The molecule has 0 aliphatic heterocycles. The molecule has 0 heterocycles. The van der Waals surface area contributed by atoms with Crippen molar-refractivity contribution in [3.8, 4) is 0 Å². The zero-order valence-electron chi connectivity index (χ0n) is 18.4. The Morgan fingerprint density at radius 1 is 0.939 bits per heavy atom. The van der Waals surface area contributed by atoms with Crippen LogP contribution in [0.5, 0.6) is 0 Å². The molecule has 7 nitrogen and oxygen atoms in total. The number of carbonyl (C=O) groups excluding carboxylic acids is 3. The SMILES string of the molecule is COC(=O)[C@H](Cc1c(Cl)cccc1Cl)NC(=O)CCCCCNC(=O)OCc1ccccc1. The average Bonchev–Trinajstić information content (AvgIpc) is 2.81. The Hall–Kier alpha value is -2.77. The van der Waals surface area contributed by atoms with E-state index in [9.17, 15) is 14.4 Å². The highest BCUT2D eigenvalue weighted by molar-refractivity contribution is 6.36. The summed E-state index contributed by atoms with van der Waals surface area (Å²) in [5.41, 5.74) is 1.49. The van der Waals surface area contributed by atoms with Crippen LogP contribution in [-0.4, -0.2) is 37.7 Å². The number of halogens is 2. The number of benzene rings is 2. The number of alkyl carbamates (subject to hydrolysis) is 1. The summed E-state index contributed by atoms with van der Waals surface area (Å²) in [5.74, 6) is -0.846. The Kier molecular flexibility index (Phi) is 11.6. The lowest BCUT2D eigenvalue weighted by Gasteiger charge is -2.18. The molecule has 0 radical (unpaired) electrons. The third-order valence-electron chi connectivity index (χ3n) is 4.85. The summed E-state index contributed by atoms with van der Waals surface area (Å²) in [6, 6.07) is 13.6. The van der Waals surface area contributed by atoms with Gasteiger partial charge in [0.15, 0.2) is 0 Å². The molecular weight excluding hydrogens is 467 g/mol. The van der Waals surface area contributed by atoms with Crippen molar-refractivity contribution >= 4 is 41.2 Å². The summed E-state index contributed by atoms with van der Waals surface area (Å²) >= 11 is 12.4. The van der Waals surface area contributed by atoms with Gasteiger partial charge < -0.3 is 20.1 Å². The second kappa shape index (κ2) is 14.4. The van der Waals surface area contributed by atoms with Gasteiger partial charge in [0, 0.05) is 29.4 Å². The van der Waals surface area contributed by atoms with Gasteiger partial charge in [-0.05, 0) is 36.1 Å². The summed E-state index contributed by atoms with van der Waals surface area (Å²) in [6.07, 6.45) is 1.92. The van der Waals surface area contributed by atoms with Crippen LogP contribution in [0, 0.1) is 0 Å². The van der Waals surface area contributed by atoms with Gasteiger partial charge >= 0.3 is 12.1 Å². The highest BCUT2D eigenvalue weighted by Gasteiger charge is 2.24. The number of amides is 2. The fourth-order valence-corrected chi connectivity index (χ4v) is 3.64. The average molecular weight is 495 g/mol. The van der Waals surface area contributed by atoms with Crippen LogP contribution < -0.4 is 10.6 Å². The molecule has 2 aromatic carbocycles. The Balaban J connectivity index is 1.66. The molecule has 0 unspecified atom stereocenters. The zero-order valence-corrected chi connectivity index (χ0v) is 20.0. The topological polar surface area (TPSA) is 93.7 Å². The van der Waals surface area contributed by atoms with Gasteiger partial charge in [0.2, 0.25) is 5.91 Å². The first-order valence-corrected chi connectivity index (χ1v) is 11.4. The van der Waals surface area contributed by atoms with Crippen molar-refractivity contribution in [3.63, 3.8) is 0 Å². The van der Waals surface area contributed by atoms with E-state index in [0.717, 1.165) is 12.0 Å². The number of methoxy groups -OCH3 is 1. The molecule has 0 bridgehead atoms. The molecule has 2 amide bonds. The Morgan fingerprint density at radius 2 is 1.64 bits per heavy atom. The molecule has 0 saturated carbocycles. The molecule has 0 aromatic heterocycles. The largest absolute Gasteiger partial charge is 0.467 e. The van der Waals surface area contributed by atoms with E-state index >= 15 is 0 Å². The number of carbonyl (C=O) groups is 3. The number of nitrogens with one attached hydrogen (secondary N) is 2. The van der Waals surface area contributed by atoms with Crippen LogP contribution in [0.15, 0.2) is 48.5 Å². The molecule has 9 heteroatoms. The van der Waals surface area contributed by atoms with Crippen LogP contribution in [0.4, 0.5) is 4.79 Å². The number of hydrogen-bond donors (Lipinski definition) is 2. The van der Waals surface area contributed by atoms with E-state index in [-0.39, 0.29) is 25.4 Å². The Morgan fingerprint density at radius 3 is 2.30 bits per heavy atom. The molecule has 0 aliphatic carbocycles. The molecule has 2 N–H and O–H groups in total. The van der Waals surface area contributed by atoms with Crippen molar-refractivity contribution in [2.75, 3.05) is 13.7 Å². The molecule has 0 spiro atoms. The van der Waals surface area contributed by atoms with Crippen LogP contribution in [0.25, 0.3) is 0 Å². The fourth-order valence-electron chi connectivity index (χ4n) is 3.09. The highest BCUT2D eigenvalue weighted by atomic mass is 35.5. The maximum atomic E-state index is 12.3. The van der Waals surface area contributed by atoms with Gasteiger partial charge in [-0.3, -0.25) is 4.79 Å². The molecule has 0 aliphatic rings. The lowest BCUT2D eigenvalue weighted by atomic mass is 10.1. The van der Waals surface area contributed by atoms with Gasteiger partial charge in [-0.2, -0.15) is 0 Å². The first kappa shape index (κ1) is 26.5. The van der Waals surface area contributed by atoms with E-state index in [1.807, 2.05) is 30.3 Å². The molecule has 178 valence electrons. The molecule has 2 aromatic rings. The zero-order chi connectivity index (χ0) is 24.1. The van der Waals surface area contributed by atoms with Gasteiger partial charge in [0.1, 0.15) is 12.6 Å². The van der Waals surface area contributed by atoms with E-state index in [1.54, 1.807) is 18.2 Å². The van der Waals surface area contributed by atoms with Crippen molar-refractivity contribution in [2.45, 2.75) is 44.8 Å². The van der Waals surface area contributed by atoms with Crippen LogP contribution in [-0.2, 0) is 32.1 Å². The van der Waals surface area contributed by atoms with E-state index in [4.69, 9.17) is 32.7 Å². The van der Waals surface area contributed by atoms with Gasteiger partial charge in [-0.1, -0.05) is 66.0 Å². The van der Waals surface area contributed by atoms with Crippen LogP contribution >= 0.6 is 23.2 Å². The molecule has 0 fully saturated rings. The van der Waals surface area contributed by atoms with Gasteiger partial charge in [0.25, 0.3) is 0 Å². The van der Waals surface area contributed by atoms with Crippen molar-refractivity contribution in [3.05, 3.63) is 69.7 Å². The maximum Gasteiger partial charge on any atom is 0.407 e. The monoisotopic (exact) mass is 494 g/mol. The number of hydrogen-bond acceptors (Lipinski definition) is 5. The van der Waals surface area contributed by atoms with Crippen molar-refractivity contribution in [1.29, 1.82) is 0 Å². The maximum absolute atomic E-state index is 12.3. The lowest BCUT2D eigenvalue weighted by molar-refractivity contribution is -0.145. The standard InChI is InChI=1S/C24H28Cl2N2O5/c1-32-23(30)21(15-18-19(25)11-8-12-20(18)26)28-22(29)13-6-3-7-14-27-24(31)33-16-17-9-4-2-5-10-17/h2,4-5,8-12,21H,3,6-7,13-16H2,1H3,(H,27,31)(H,28,29)/t21-/m0/s1. The number of unbranched alkanes of at least 4 members (excludes halogenated alkanes) is 2. The number of esters is 1. The predicted octanol–water partition coefficient (Wildman–Crippen LogP) is 4.68. The summed E-state index contributed by atoms with van der Waals surface area (Å²) in [5, 5.41) is 6.21. The summed E-state index contributed by atoms with van der Waals surface area (Å²) in [6.45, 7) is 0.665. The van der Waals surface area contributed by atoms with E-state index in [1.165, 1.54) is 7.11 Å². The first-order chi connectivity index (χ1) is 15.9. The van der Waals surface area contributed by atoms with Crippen molar-refractivity contribution < 1.29 is 23.9 Å². The molecule has 0 saturated heterocycles. The van der Waals surface area contributed by atoms with Gasteiger partial charge in [0.05, 0.1) is 7.11 Å². The van der Waals surface area contributed by atoms with E-state index in [0.29, 0.717) is 35.0 Å². The highest BCUT2D eigenvalue weighted by Crippen LogP contribution is 2.25. The Bertz CT molecular complexity index is 904. The normalized spacial score (nSPS) is 11.4. The lowest BCUT2D eigenvalue weighted by Crippen LogP contribution is -2.43. The number of rotatable bonds is 12. The molecule has 1 atom stereocenters. The van der Waals surface area contributed by atoms with Gasteiger partial charge in [-0.15, -0.1) is 0 Å². The minimum atomic E-state index is -0.888. The van der Waals surface area contributed by atoms with Crippen LogP contribution in [0.2, 0.25) is 10.0 Å². The summed E-state index contributed by atoms with van der Waals surface area (Å²) in [7, 11) is 1.26. The molecule has 2 rings (SSSR count). The van der Waals surface area contributed by atoms with Crippen molar-refractivity contribution in [1.82, 2.24) is 10.6 Å². The fraction of sp³-hybridized carbons (Fsp3) is 0.375. The summed E-state index contributed by atoms with van der Waals surface area (Å²) < 4.78 is 9.94. The minimum absolute atomic E-state index is 0.131. The van der Waals surface area contributed by atoms with Crippen molar-refractivity contribution in [2.24, 2.45) is 0 Å². The molecular formula is C24H28Cl2N2O5. The third kappa shape index (κ3) is 9.72. The quantitative estimate of drug-likeness (QED) is 0.330. The second-order valence-electron chi connectivity index (χ2n) is 7.35. The minimum Gasteiger partial charge on any atom is -0.467 e. The Labute approximate surface area is 203 Å². The van der Waals surface area contributed by atoms with Crippen LogP contribution in [0.1, 0.15) is 36.8 Å². The van der Waals surface area contributed by atoms with Gasteiger partial charge in [-0.25, -0.2) is 9.59 Å². The second-order valence-corrected chi connectivity index (χ2v) is 8.16. The smallest absolute Gasteiger partial charge is 0.407 e. The summed E-state index contributed by atoms with van der Waals surface area (Å²) in [4.78, 5) is 36.2. The van der Waals surface area contributed by atoms with Crippen LogP contribution in [0.3, 0.4) is 0 Å². The third-order valence-corrected chi connectivity index (χ3v) is 5.56. The van der Waals surface area contributed by atoms with E-state index in [2.05, 4.69) is 10.6 Å². The van der Waals surface area contributed by atoms with E-state index < -0.39 is 18.1 Å². The number of ether oxygens (including phenoxy) is 2.